The molecule has 0 aliphatic rings. The van der Waals surface area contributed by atoms with Gasteiger partial charge in [-0.25, -0.2) is 4.79 Å². The number of anilines is 1. The van der Waals surface area contributed by atoms with Crippen LogP contribution < -0.4 is 15.4 Å². The van der Waals surface area contributed by atoms with E-state index in [1.807, 2.05) is 60.7 Å². The number of benzene rings is 3. The van der Waals surface area contributed by atoms with E-state index in [1.165, 1.54) is 0 Å². The maximum Gasteiger partial charge on any atom is 0.335 e. The second-order valence-corrected chi connectivity index (χ2v) is 6.88. The normalized spacial score (nSPS) is 11.6. The fourth-order valence-electron chi connectivity index (χ4n) is 2.97. The van der Waals surface area contributed by atoms with E-state index in [0.29, 0.717) is 19.6 Å². The van der Waals surface area contributed by atoms with Gasteiger partial charge in [-0.3, -0.25) is 0 Å². The van der Waals surface area contributed by atoms with Crippen molar-refractivity contribution in [1.82, 2.24) is 5.32 Å². The van der Waals surface area contributed by atoms with Gasteiger partial charge in [-0.15, -0.1) is 0 Å². The zero-order valence-corrected chi connectivity index (χ0v) is 16.6. The van der Waals surface area contributed by atoms with Crippen LogP contribution in [0, 0.1) is 0 Å². The maximum absolute atomic E-state index is 11.2. The minimum absolute atomic E-state index is 0.238. The molecule has 0 saturated heterocycles. The number of aliphatic hydroxyl groups is 1. The van der Waals surface area contributed by atoms with Gasteiger partial charge in [0.05, 0.1) is 5.56 Å². The van der Waals surface area contributed by atoms with Crippen LogP contribution in [0.5, 0.6) is 5.75 Å². The zero-order valence-electron chi connectivity index (χ0n) is 16.6. The summed E-state index contributed by atoms with van der Waals surface area (Å²) in [6.07, 6.45) is -0.588. The van der Waals surface area contributed by atoms with Crippen molar-refractivity contribution < 1.29 is 19.7 Å². The van der Waals surface area contributed by atoms with E-state index in [1.54, 1.807) is 18.2 Å². The summed E-state index contributed by atoms with van der Waals surface area (Å²) in [5, 5.41) is 25.7. The lowest BCUT2D eigenvalue weighted by molar-refractivity contribution is 0.0697. The Morgan fingerprint density at radius 3 is 2.40 bits per heavy atom. The van der Waals surface area contributed by atoms with Gasteiger partial charge in [0.25, 0.3) is 0 Å². The minimum Gasteiger partial charge on any atom is -0.491 e. The van der Waals surface area contributed by atoms with Crippen LogP contribution in [0.1, 0.15) is 10.4 Å². The highest BCUT2D eigenvalue weighted by atomic mass is 16.5. The van der Waals surface area contributed by atoms with Gasteiger partial charge in [-0.2, -0.15) is 0 Å². The highest BCUT2D eigenvalue weighted by Gasteiger charge is 2.06. The molecule has 0 fully saturated rings. The number of hydrogen-bond acceptors (Lipinski definition) is 5. The Labute approximate surface area is 176 Å². The summed E-state index contributed by atoms with van der Waals surface area (Å²) in [4.78, 5) is 11.2. The molecule has 0 amide bonds. The maximum atomic E-state index is 11.2. The topological polar surface area (TPSA) is 90.8 Å². The van der Waals surface area contributed by atoms with E-state index in [-0.39, 0.29) is 12.2 Å². The molecule has 0 heterocycles. The van der Waals surface area contributed by atoms with Gasteiger partial charge in [0, 0.05) is 25.3 Å². The van der Waals surface area contributed by atoms with Crippen molar-refractivity contribution in [3.8, 4) is 16.9 Å². The highest BCUT2D eigenvalue weighted by Crippen LogP contribution is 2.23. The predicted molar refractivity (Wildman–Crippen MR) is 118 cm³/mol. The molecule has 4 N–H and O–H groups in total. The summed E-state index contributed by atoms with van der Waals surface area (Å²) in [5.74, 6) is -0.194. The molecular weight excluding hydrogens is 380 g/mol. The average Bonchev–Trinajstić information content (AvgIpc) is 2.78. The minimum atomic E-state index is -0.937. The van der Waals surface area contributed by atoms with Gasteiger partial charge in [-0.05, 0) is 47.5 Å². The predicted octanol–water partition coefficient (Wildman–Crippen LogP) is 3.49. The number of aliphatic hydroxyl groups excluding tert-OH is 1. The first kappa shape index (κ1) is 21.4. The second kappa shape index (κ2) is 11.0. The molecule has 30 heavy (non-hydrogen) atoms. The Kier molecular flexibility index (Phi) is 7.83. The largest absolute Gasteiger partial charge is 0.491 e. The first-order chi connectivity index (χ1) is 14.6. The molecule has 0 unspecified atom stereocenters. The van der Waals surface area contributed by atoms with Crippen LogP contribution in [0.4, 0.5) is 5.69 Å². The number of nitrogens with one attached hydrogen (secondary N) is 2. The van der Waals surface area contributed by atoms with E-state index in [0.717, 1.165) is 22.6 Å². The fraction of sp³-hybridized carbons (Fsp3) is 0.208. The smallest absolute Gasteiger partial charge is 0.335 e. The highest BCUT2D eigenvalue weighted by molar-refractivity contribution is 5.89. The number of aromatic carboxylic acids is 1. The number of carboxylic acid groups (broad SMARTS) is 1. The SMILES string of the molecule is O=C(O)c1cccc(-c2cccc(NCCNC[C@@H](O)COc3ccccc3)c2)c1. The summed E-state index contributed by atoms with van der Waals surface area (Å²) in [5.41, 5.74) is 3.02. The zero-order chi connectivity index (χ0) is 21.2. The van der Waals surface area contributed by atoms with Crippen LogP contribution >= 0.6 is 0 Å². The van der Waals surface area contributed by atoms with E-state index in [9.17, 15) is 9.90 Å². The Bertz CT molecular complexity index is 947. The van der Waals surface area contributed by atoms with Gasteiger partial charge in [0.1, 0.15) is 18.5 Å². The summed E-state index contributed by atoms with van der Waals surface area (Å²) in [6.45, 7) is 2.05. The van der Waals surface area contributed by atoms with E-state index < -0.39 is 12.1 Å². The van der Waals surface area contributed by atoms with Gasteiger partial charge < -0.3 is 25.6 Å². The third-order valence-corrected chi connectivity index (χ3v) is 4.50. The second-order valence-electron chi connectivity index (χ2n) is 6.88. The van der Waals surface area contributed by atoms with Crippen molar-refractivity contribution in [3.05, 3.63) is 84.4 Å². The van der Waals surface area contributed by atoms with Crippen molar-refractivity contribution in [2.75, 3.05) is 31.6 Å². The molecule has 0 aliphatic carbocycles. The third kappa shape index (κ3) is 6.62. The Morgan fingerprint density at radius 2 is 1.63 bits per heavy atom. The molecule has 0 saturated carbocycles. The number of carboxylic acids is 1. The van der Waals surface area contributed by atoms with Crippen molar-refractivity contribution >= 4 is 11.7 Å². The van der Waals surface area contributed by atoms with Crippen LogP contribution in [-0.4, -0.2) is 48.5 Å². The first-order valence-corrected chi connectivity index (χ1v) is 9.86. The molecule has 3 aromatic rings. The first-order valence-electron chi connectivity index (χ1n) is 9.86. The van der Waals surface area contributed by atoms with Crippen molar-refractivity contribution in [2.24, 2.45) is 0 Å². The lowest BCUT2D eigenvalue weighted by Crippen LogP contribution is -2.34. The lowest BCUT2D eigenvalue weighted by Gasteiger charge is -2.14. The Balaban J connectivity index is 1.40. The number of carbonyl (C=O) groups is 1. The van der Waals surface area contributed by atoms with Gasteiger partial charge >= 0.3 is 5.97 Å². The number of ether oxygens (including phenoxy) is 1. The van der Waals surface area contributed by atoms with Crippen LogP contribution in [0.15, 0.2) is 78.9 Å². The molecule has 0 aromatic heterocycles. The molecule has 3 aromatic carbocycles. The number of para-hydroxylation sites is 1. The molecule has 6 nitrogen and oxygen atoms in total. The number of rotatable bonds is 11. The summed E-state index contributed by atoms with van der Waals surface area (Å²) < 4.78 is 5.53. The van der Waals surface area contributed by atoms with Gasteiger partial charge in [0.2, 0.25) is 0 Å². The Hall–Kier alpha value is -3.35. The van der Waals surface area contributed by atoms with Crippen LogP contribution in [0.25, 0.3) is 11.1 Å². The van der Waals surface area contributed by atoms with Crippen LogP contribution in [0.3, 0.4) is 0 Å². The van der Waals surface area contributed by atoms with E-state index in [4.69, 9.17) is 9.84 Å². The standard InChI is InChI=1S/C24H26N2O4/c27-22(17-30-23-10-2-1-3-11-23)16-25-12-13-26-21-9-5-7-19(15-21)18-6-4-8-20(14-18)24(28)29/h1-11,14-15,22,25-27H,12-13,16-17H2,(H,28,29)/t22-/m1/s1. The average molecular weight is 406 g/mol. The molecule has 0 bridgehead atoms. The molecule has 1 atom stereocenters. The van der Waals surface area contributed by atoms with Crippen molar-refractivity contribution in [3.63, 3.8) is 0 Å². The molecule has 6 heteroatoms. The van der Waals surface area contributed by atoms with Crippen LogP contribution in [-0.2, 0) is 0 Å². The van der Waals surface area contributed by atoms with Crippen molar-refractivity contribution in [1.29, 1.82) is 0 Å². The third-order valence-electron chi connectivity index (χ3n) is 4.50. The quantitative estimate of drug-likeness (QED) is 0.365. The summed E-state index contributed by atoms with van der Waals surface area (Å²) in [7, 11) is 0. The molecular formula is C24H26N2O4. The Morgan fingerprint density at radius 1 is 0.900 bits per heavy atom. The molecule has 0 spiro atoms. The lowest BCUT2D eigenvalue weighted by atomic mass is 10.0. The number of hydrogen-bond donors (Lipinski definition) is 4. The summed E-state index contributed by atoms with van der Waals surface area (Å²) >= 11 is 0. The summed E-state index contributed by atoms with van der Waals surface area (Å²) in [6, 6.07) is 24.1. The van der Waals surface area contributed by atoms with Gasteiger partial charge in [-0.1, -0.05) is 42.5 Å². The van der Waals surface area contributed by atoms with E-state index in [2.05, 4.69) is 10.6 Å². The van der Waals surface area contributed by atoms with E-state index >= 15 is 0 Å². The van der Waals surface area contributed by atoms with Crippen molar-refractivity contribution in [2.45, 2.75) is 6.10 Å². The molecule has 3 rings (SSSR count). The molecule has 0 aliphatic heterocycles. The molecule has 0 radical (unpaired) electrons. The monoisotopic (exact) mass is 406 g/mol. The fourth-order valence-corrected chi connectivity index (χ4v) is 2.97. The molecule has 156 valence electrons. The van der Waals surface area contributed by atoms with Crippen LogP contribution in [0.2, 0.25) is 0 Å². The van der Waals surface area contributed by atoms with Gasteiger partial charge in [0.15, 0.2) is 0 Å².